The summed E-state index contributed by atoms with van der Waals surface area (Å²) in [6.45, 7) is 0.716. The van der Waals surface area contributed by atoms with Gasteiger partial charge in [-0.25, -0.2) is 127 Å². The van der Waals surface area contributed by atoms with Gasteiger partial charge in [-0.2, -0.15) is 0 Å². The van der Waals surface area contributed by atoms with Crippen molar-refractivity contribution in [3.8, 4) is 83.8 Å². The minimum absolute atomic E-state index is 0.282. The molecule has 111 heavy (non-hydrogen) atoms. The first kappa shape index (κ1) is 72.4. The third-order valence-corrected chi connectivity index (χ3v) is 19.2. The van der Waals surface area contributed by atoms with E-state index >= 15 is 101 Å². The van der Waals surface area contributed by atoms with Crippen LogP contribution in [0.15, 0.2) is 127 Å². The Morgan fingerprint density at radius 2 is 0.288 bits per heavy atom. The highest BCUT2D eigenvalue weighted by molar-refractivity contribution is 6.15. The molecule has 0 aliphatic rings. The van der Waals surface area contributed by atoms with Crippen LogP contribution in [-0.4, -0.2) is 13.7 Å². The average Bonchev–Trinajstić information content (AvgIpc) is 1.56. The highest BCUT2D eigenvalue weighted by Crippen LogP contribution is 2.48. The second kappa shape index (κ2) is 25.4. The number of aromatic nitrogens is 3. The molecular formula is C79H24F29N3. The molecular weight excluding hydrogens is 1540 g/mol. The summed E-state index contributed by atoms with van der Waals surface area (Å²) >= 11 is 0. The molecule has 0 aliphatic carbocycles. The van der Waals surface area contributed by atoms with Gasteiger partial charge >= 0.3 is 0 Å². The standard InChI is InChI=1S/C79H24F29N3/c1-23-51(80)45(53(82)64(93)52(23)81)24-2-8-39-33(14-24)34-15-25(46-54(83)65(94)75(104)66(95)55(46)84)3-9-40(34)109(39)30-20-31(110-41-10-4-26(47-56(85)67(96)76(105)68(97)57(47)86)16-35(41)36-17-27(5-11-42(36)110)48-58(87)69(98)77(106)70(99)59(48)88)22-32(21-30)111-43-12-6-28(49-60(89)71(100)78(107)72(101)61(49)90)18-37(43)38-19-29(7-13-44(38)111)50-62(91)73(102)79(108)74(103)63(50)92/h2-22H,1H3. The smallest absolute Gasteiger partial charge is 0.200 e. The van der Waals surface area contributed by atoms with E-state index in [1.165, 1.54) is 0 Å². The number of rotatable bonds is 9. The van der Waals surface area contributed by atoms with E-state index in [1.54, 1.807) is 0 Å². The van der Waals surface area contributed by atoms with Gasteiger partial charge in [0, 0.05) is 37.9 Å². The summed E-state index contributed by atoms with van der Waals surface area (Å²) < 4.78 is 449. The van der Waals surface area contributed by atoms with Crippen LogP contribution in [0.3, 0.4) is 0 Å². The lowest BCUT2D eigenvalue weighted by molar-refractivity contribution is 0.381. The first-order valence-corrected chi connectivity index (χ1v) is 31.4. The number of fused-ring (bicyclic) bond motifs is 9. The number of benzene rings is 13. The van der Waals surface area contributed by atoms with Crippen LogP contribution in [0.1, 0.15) is 5.56 Å². The molecule has 13 aromatic carbocycles. The van der Waals surface area contributed by atoms with Gasteiger partial charge in [-0.05, 0) is 131 Å². The summed E-state index contributed by atoms with van der Waals surface area (Å²) in [5, 5.41) is -2.67. The Bertz CT molecular complexity index is 5750. The van der Waals surface area contributed by atoms with Gasteiger partial charge in [-0.1, -0.05) is 36.4 Å². The van der Waals surface area contributed by atoms with E-state index in [2.05, 4.69) is 0 Å². The van der Waals surface area contributed by atoms with E-state index in [0.29, 0.717) is 6.92 Å². The molecule has 0 spiro atoms. The van der Waals surface area contributed by atoms with Gasteiger partial charge in [0.25, 0.3) is 0 Å². The van der Waals surface area contributed by atoms with Crippen LogP contribution >= 0.6 is 0 Å². The van der Waals surface area contributed by atoms with E-state index in [1.807, 2.05) is 0 Å². The van der Waals surface area contributed by atoms with Crippen molar-refractivity contribution in [2.75, 3.05) is 0 Å². The highest BCUT2D eigenvalue weighted by Gasteiger charge is 2.35. The quantitative estimate of drug-likeness (QED) is 0.0777. The minimum Gasteiger partial charge on any atom is -0.309 e. The Morgan fingerprint density at radius 3 is 0.450 bits per heavy atom. The van der Waals surface area contributed by atoms with Crippen molar-refractivity contribution in [2.45, 2.75) is 6.92 Å². The molecule has 0 bridgehead atoms. The highest BCUT2D eigenvalue weighted by atomic mass is 19.2. The van der Waals surface area contributed by atoms with E-state index in [-0.39, 0.29) is 55.5 Å². The van der Waals surface area contributed by atoms with Gasteiger partial charge in [0.2, 0.25) is 29.1 Å². The maximum absolute atomic E-state index is 16.3. The molecule has 0 atom stereocenters. The number of nitrogens with zero attached hydrogens (tertiary/aromatic N) is 3. The van der Waals surface area contributed by atoms with Gasteiger partial charge in [0.05, 0.1) is 83.5 Å². The Labute approximate surface area is 596 Å². The lowest BCUT2D eigenvalue weighted by Crippen LogP contribution is -2.05. The lowest BCUT2D eigenvalue weighted by atomic mass is 9.97. The Hall–Kier alpha value is -12.8. The zero-order valence-electron chi connectivity index (χ0n) is 53.9. The Morgan fingerprint density at radius 1 is 0.153 bits per heavy atom. The summed E-state index contributed by atoms with van der Waals surface area (Å²) in [6.07, 6.45) is 0. The Balaban J connectivity index is 1.07. The second-order valence-electron chi connectivity index (χ2n) is 25.1. The lowest BCUT2D eigenvalue weighted by Gasteiger charge is -2.18. The molecule has 16 rings (SSSR count). The fourth-order valence-corrected chi connectivity index (χ4v) is 14.1. The molecule has 0 radical (unpaired) electrons. The van der Waals surface area contributed by atoms with E-state index < -0.39 is 268 Å². The SMILES string of the molecule is Cc1c(F)c(F)c(F)c(-c2ccc3c(c2)c2cc(-c4c(F)c(F)c(F)c(F)c4F)ccc2n3-c2cc(-n3c4ccc(-c5c(F)c(F)c(F)c(F)c5F)cc4c4cc(-c5c(F)c(F)c(F)c(F)c5F)ccc43)cc(-n3c4ccc(-c5c(F)c(F)c(F)c(F)c5F)cc4c4cc(-c5c(F)c(F)c(F)c(F)c5F)ccc43)c2)c1F. The van der Waals surface area contributed by atoms with Crippen molar-refractivity contribution in [3.63, 3.8) is 0 Å². The number of hydrogen-bond acceptors (Lipinski definition) is 0. The van der Waals surface area contributed by atoms with Crippen molar-refractivity contribution >= 4 is 65.4 Å². The third kappa shape index (κ3) is 10.3. The monoisotopic (exact) mass is 1570 g/mol. The van der Waals surface area contributed by atoms with Crippen LogP contribution in [0, 0.1) is 176 Å². The molecule has 0 fully saturated rings. The number of hydrogen-bond donors (Lipinski definition) is 0. The Kier molecular flexibility index (Phi) is 16.6. The zero-order valence-corrected chi connectivity index (χ0v) is 53.9. The molecule has 558 valence electrons. The van der Waals surface area contributed by atoms with E-state index in [4.69, 9.17) is 0 Å². The summed E-state index contributed by atoms with van der Waals surface area (Å²) in [6, 6.07) is 18.5. The van der Waals surface area contributed by atoms with Crippen molar-refractivity contribution in [3.05, 3.63) is 302 Å². The fraction of sp³-hybridized carbons (Fsp3) is 0.0127. The van der Waals surface area contributed by atoms with Gasteiger partial charge in [-0.15, -0.1) is 0 Å². The largest absolute Gasteiger partial charge is 0.309 e. The van der Waals surface area contributed by atoms with Crippen molar-refractivity contribution in [1.82, 2.24) is 13.7 Å². The minimum atomic E-state index is -2.63. The van der Waals surface area contributed by atoms with Crippen LogP contribution in [0.5, 0.6) is 0 Å². The van der Waals surface area contributed by atoms with Crippen molar-refractivity contribution < 1.29 is 127 Å². The first-order chi connectivity index (χ1) is 52.6. The fourth-order valence-electron chi connectivity index (χ4n) is 14.1. The molecule has 0 unspecified atom stereocenters. The molecule has 3 aromatic heterocycles. The van der Waals surface area contributed by atoms with Crippen molar-refractivity contribution in [2.24, 2.45) is 0 Å². The molecule has 0 N–H and O–H groups in total. The summed E-state index contributed by atoms with van der Waals surface area (Å²) in [5.41, 5.74) is -18.5. The third-order valence-electron chi connectivity index (χ3n) is 19.2. The molecule has 0 saturated carbocycles. The van der Waals surface area contributed by atoms with E-state index in [0.717, 1.165) is 141 Å². The molecule has 32 heteroatoms. The normalized spacial score (nSPS) is 12.1. The maximum Gasteiger partial charge on any atom is 0.200 e. The molecule has 0 aliphatic heterocycles. The van der Waals surface area contributed by atoms with E-state index in [9.17, 15) is 26.3 Å². The van der Waals surface area contributed by atoms with Gasteiger partial charge in [-0.3, -0.25) is 0 Å². The van der Waals surface area contributed by atoms with Gasteiger partial charge in [0.15, 0.2) is 134 Å². The summed E-state index contributed by atoms with van der Waals surface area (Å²) in [4.78, 5) is 0. The predicted octanol–water partition coefficient (Wildman–Crippen LogP) is 25.3. The summed E-state index contributed by atoms with van der Waals surface area (Å²) in [5.74, 6) is -70.3. The molecule has 3 heterocycles. The predicted molar refractivity (Wildman–Crippen MR) is 346 cm³/mol. The summed E-state index contributed by atoms with van der Waals surface area (Å²) in [7, 11) is 0. The van der Waals surface area contributed by atoms with Gasteiger partial charge < -0.3 is 13.7 Å². The molecule has 3 nitrogen and oxygen atoms in total. The average molecular weight is 1570 g/mol. The van der Waals surface area contributed by atoms with Crippen LogP contribution < -0.4 is 0 Å². The van der Waals surface area contributed by atoms with Crippen molar-refractivity contribution in [1.29, 1.82) is 0 Å². The van der Waals surface area contributed by atoms with Gasteiger partial charge in [0.1, 0.15) is 5.82 Å². The first-order valence-electron chi connectivity index (χ1n) is 31.4. The second-order valence-corrected chi connectivity index (χ2v) is 25.1. The maximum atomic E-state index is 16.3. The molecule has 16 aromatic rings. The van der Waals surface area contributed by atoms with Crippen LogP contribution in [0.25, 0.3) is 149 Å². The zero-order chi connectivity index (χ0) is 79.5. The van der Waals surface area contributed by atoms with Crippen LogP contribution in [-0.2, 0) is 0 Å². The van der Waals surface area contributed by atoms with Crippen LogP contribution in [0.4, 0.5) is 127 Å². The molecule has 0 amide bonds. The van der Waals surface area contributed by atoms with Crippen LogP contribution in [0.2, 0.25) is 0 Å². The number of halogens is 29. The molecule has 0 saturated heterocycles. The topological polar surface area (TPSA) is 14.8 Å².